The number of aryl methyl sites for hydroxylation is 2. The molecule has 3 amide bonds. The molecule has 2 atom stereocenters. The number of carbonyl (C=O) groups excluding carboxylic acids is 4. The van der Waals surface area contributed by atoms with Crippen molar-refractivity contribution < 1.29 is 28.7 Å². The molecule has 0 aliphatic heterocycles. The zero-order valence-electron chi connectivity index (χ0n) is 23.7. The molecule has 1 aromatic rings. The average Bonchev–Trinajstić information content (AvgIpc) is 2.81. The summed E-state index contributed by atoms with van der Waals surface area (Å²) in [6.45, 7) is 12.7. The molecule has 208 valence electrons. The van der Waals surface area contributed by atoms with E-state index >= 15 is 0 Å². The van der Waals surface area contributed by atoms with E-state index in [1.807, 2.05) is 32.0 Å². The predicted molar refractivity (Wildman–Crippen MR) is 143 cm³/mol. The van der Waals surface area contributed by atoms with E-state index in [9.17, 15) is 19.2 Å². The Labute approximate surface area is 221 Å². The maximum Gasteiger partial charge on any atom is 0.408 e. The summed E-state index contributed by atoms with van der Waals surface area (Å²) in [5.74, 6) is -1.50. The third-order valence-corrected chi connectivity index (χ3v) is 5.81. The Balaban J connectivity index is 3.37. The van der Waals surface area contributed by atoms with Crippen LogP contribution in [0, 0.1) is 13.8 Å². The van der Waals surface area contributed by atoms with Gasteiger partial charge < -0.3 is 25.0 Å². The molecule has 2 unspecified atom stereocenters. The number of hydrogen-bond donors (Lipinski definition) is 2. The molecule has 0 fully saturated rings. The number of nitrogens with one attached hydrogen (secondary N) is 2. The second kappa shape index (κ2) is 15.2. The van der Waals surface area contributed by atoms with Crippen molar-refractivity contribution >= 4 is 23.9 Å². The zero-order chi connectivity index (χ0) is 28.2. The van der Waals surface area contributed by atoms with E-state index in [1.54, 1.807) is 27.7 Å². The van der Waals surface area contributed by atoms with Gasteiger partial charge in [0.1, 0.15) is 24.2 Å². The van der Waals surface area contributed by atoms with Gasteiger partial charge in [-0.25, -0.2) is 4.79 Å². The topological polar surface area (TPSA) is 114 Å². The van der Waals surface area contributed by atoms with Crippen LogP contribution in [0.2, 0.25) is 0 Å². The number of carbonyl (C=O) groups is 4. The van der Waals surface area contributed by atoms with Gasteiger partial charge in [0.25, 0.3) is 0 Å². The van der Waals surface area contributed by atoms with Crippen molar-refractivity contribution in [1.82, 2.24) is 15.5 Å². The Morgan fingerprint density at radius 3 is 2.27 bits per heavy atom. The number of alkyl carbamates (subject to hydrolysis) is 1. The quantitative estimate of drug-likeness (QED) is 0.296. The Kier molecular flexibility index (Phi) is 13.1. The lowest BCUT2D eigenvalue weighted by Gasteiger charge is -2.34. The largest absolute Gasteiger partial charge is 0.468 e. The number of ether oxygens (including phenoxy) is 2. The van der Waals surface area contributed by atoms with E-state index < -0.39 is 41.6 Å². The lowest BCUT2D eigenvalue weighted by atomic mass is 9.96. The number of rotatable bonds is 13. The fourth-order valence-corrected chi connectivity index (χ4v) is 3.88. The number of amides is 3. The molecule has 0 aliphatic rings. The molecule has 0 aliphatic carbocycles. The number of nitrogens with zero attached hydrogens (tertiary/aromatic N) is 1. The van der Waals surface area contributed by atoms with Gasteiger partial charge in [0.2, 0.25) is 11.8 Å². The number of benzene rings is 1. The van der Waals surface area contributed by atoms with Crippen molar-refractivity contribution in [2.45, 2.75) is 98.3 Å². The highest BCUT2D eigenvalue weighted by Crippen LogP contribution is 2.27. The Morgan fingerprint density at radius 1 is 1.03 bits per heavy atom. The summed E-state index contributed by atoms with van der Waals surface area (Å²) < 4.78 is 9.98. The molecule has 0 saturated heterocycles. The third-order valence-electron chi connectivity index (χ3n) is 5.81. The van der Waals surface area contributed by atoms with Crippen molar-refractivity contribution in [2.24, 2.45) is 0 Å². The normalized spacial score (nSPS) is 12.8. The van der Waals surface area contributed by atoms with Crippen LogP contribution in [-0.4, -0.2) is 60.6 Å². The van der Waals surface area contributed by atoms with Gasteiger partial charge in [0, 0.05) is 6.54 Å². The minimum Gasteiger partial charge on any atom is -0.468 e. The van der Waals surface area contributed by atoms with E-state index in [-0.39, 0.29) is 6.54 Å². The van der Waals surface area contributed by atoms with Gasteiger partial charge in [-0.1, -0.05) is 56.4 Å². The van der Waals surface area contributed by atoms with Crippen LogP contribution in [0.25, 0.3) is 0 Å². The summed E-state index contributed by atoms with van der Waals surface area (Å²) in [6, 6.07) is 3.78. The van der Waals surface area contributed by atoms with Gasteiger partial charge in [0.15, 0.2) is 0 Å². The van der Waals surface area contributed by atoms with Crippen LogP contribution in [0.4, 0.5) is 4.79 Å². The zero-order valence-corrected chi connectivity index (χ0v) is 23.7. The monoisotopic (exact) mass is 519 g/mol. The van der Waals surface area contributed by atoms with Crippen molar-refractivity contribution in [1.29, 1.82) is 0 Å². The maximum atomic E-state index is 13.8. The van der Waals surface area contributed by atoms with Gasteiger partial charge in [0.05, 0.1) is 7.11 Å². The number of methoxy groups -OCH3 is 1. The van der Waals surface area contributed by atoms with Crippen molar-refractivity contribution in [3.05, 3.63) is 34.9 Å². The number of unbranched alkanes of at least 4 members (excludes halogenated alkanes) is 4. The van der Waals surface area contributed by atoms with Gasteiger partial charge in [-0.2, -0.15) is 0 Å². The summed E-state index contributed by atoms with van der Waals surface area (Å²) in [6.07, 6.45) is 4.07. The van der Waals surface area contributed by atoms with Gasteiger partial charge >= 0.3 is 12.1 Å². The lowest BCUT2D eigenvalue weighted by Crippen LogP contribution is -2.52. The molecule has 0 saturated carbocycles. The molecule has 0 aromatic heterocycles. The van der Waals surface area contributed by atoms with Gasteiger partial charge in [-0.15, -0.1) is 0 Å². The minimum atomic E-state index is -0.994. The standard InChI is InChI=1S/C28H45N3O6/c1-9-10-11-12-13-16-31(26(34)21(4)30-27(35)37-28(5,6)7)24(25(33)29-18-23(32)36-8)22-17-19(2)14-15-20(22)3/h14-15,17,21,24H,9-13,16,18H2,1-8H3,(H,29,33)(H,30,35). The fraction of sp³-hybridized carbons (Fsp3) is 0.643. The predicted octanol–water partition coefficient (Wildman–Crippen LogP) is 4.35. The highest BCUT2D eigenvalue weighted by Gasteiger charge is 2.35. The summed E-state index contributed by atoms with van der Waals surface area (Å²) in [5.41, 5.74) is 1.71. The van der Waals surface area contributed by atoms with Gasteiger partial charge in [-0.05, 0) is 59.1 Å². The average molecular weight is 520 g/mol. The first kappa shape index (κ1) is 31.9. The summed E-state index contributed by atoms with van der Waals surface area (Å²) >= 11 is 0. The highest BCUT2D eigenvalue weighted by molar-refractivity contribution is 5.93. The molecule has 2 N–H and O–H groups in total. The third kappa shape index (κ3) is 11.2. The fourth-order valence-electron chi connectivity index (χ4n) is 3.88. The highest BCUT2D eigenvalue weighted by atomic mass is 16.6. The smallest absolute Gasteiger partial charge is 0.408 e. The Bertz CT molecular complexity index is 925. The van der Waals surface area contributed by atoms with Crippen LogP contribution in [0.15, 0.2) is 18.2 Å². The second-order valence-electron chi connectivity index (χ2n) is 10.4. The molecule has 0 heterocycles. The van der Waals surface area contributed by atoms with Crippen LogP contribution in [-0.2, 0) is 23.9 Å². The molecule has 37 heavy (non-hydrogen) atoms. The first-order valence-electron chi connectivity index (χ1n) is 13.0. The Hall–Kier alpha value is -3.10. The summed E-state index contributed by atoms with van der Waals surface area (Å²) in [5, 5.41) is 5.22. The molecule has 0 radical (unpaired) electrons. The van der Waals surface area contributed by atoms with E-state index in [4.69, 9.17) is 4.74 Å². The first-order valence-corrected chi connectivity index (χ1v) is 13.0. The molecule has 9 heteroatoms. The van der Waals surface area contributed by atoms with Crippen LogP contribution >= 0.6 is 0 Å². The second-order valence-corrected chi connectivity index (χ2v) is 10.4. The first-order chi connectivity index (χ1) is 17.3. The summed E-state index contributed by atoms with van der Waals surface area (Å²) in [4.78, 5) is 52.9. The van der Waals surface area contributed by atoms with Crippen molar-refractivity contribution in [3.8, 4) is 0 Å². The van der Waals surface area contributed by atoms with E-state index in [2.05, 4.69) is 22.3 Å². The van der Waals surface area contributed by atoms with Gasteiger partial charge in [-0.3, -0.25) is 14.4 Å². The van der Waals surface area contributed by atoms with E-state index in [0.717, 1.165) is 36.8 Å². The molecular formula is C28H45N3O6. The van der Waals surface area contributed by atoms with E-state index in [0.29, 0.717) is 18.5 Å². The SMILES string of the molecule is CCCCCCCN(C(=O)C(C)NC(=O)OC(C)(C)C)C(C(=O)NCC(=O)OC)c1cc(C)ccc1C. The van der Waals surface area contributed by atoms with Crippen molar-refractivity contribution in [2.75, 3.05) is 20.2 Å². The molecule has 0 bridgehead atoms. The van der Waals surface area contributed by atoms with Crippen molar-refractivity contribution in [3.63, 3.8) is 0 Å². The lowest BCUT2D eigenvalue weighted by molar-refractivity contribution is -0.144. The molecular weight excluding hydrogens is 474 g/mol. The molecule has 1 rings (SSSR count). The van der Waals surface area contributed by atoms with Crippen LogP contribution < -0.4 is 10.6 Å². The number of esters is 1. The van der Waals surface area contributed by atoms with Crippen LogP contribution in [0.5, 0.6) is 0 Å². The minimum absolute atomic E-state index is 0.312. The van der Waals surface area contributed by atoms with Crippen LogP contribution in [0.1, 0.15) is 89.5 Å². The Morgan fingerprint density at radius 2 is 1.68 bits per heavy atom. The number of hydrogen-bond acceptors (Lipinski definition) is 6. The van der Waals surface area contributed by atoms with E-state index in [1.165, 1.54) is 12.0 Å². The molecule has 1 aromatic carbocycles. The summed E-state index contributed by atoms with van der Waals surface area (Å²) in [7, 11) is 1.24. The van der Waals surface area contributed by atoms with Crippen LogP contribution in [0.3, 0.4) is 0 Å². The molecule has 9 nitrogen and oxygen atoms in total. The maximum absolute atomic E-state index is 13.8. The molecule has 0 spiro atoms.